The standard InChI is InChI=1S/C13H18F3NO3S/c1-3-12(2,8-9-18)17-10-4-6-11(7-5-10)21(19,20)13(14,15)16/h4-7,17-18H,3,8-9H2,1-2H3. The van der Waals surface area contributed by atoms with E-state index in [9.17, 15) is 21.6 Å². The summed E-state index contributed by atoms with van der Waals surface area (Å²) in [5.41, 5.74) is -5.23. The lowest BCUT2D eigenvalue weighted by Gasteiger charge is -2.30. The van der Waals surface area contributed by atoms with Gasteiger partial charge in [-0.3, -0.25) is 0 Å². The summed E-state index contributed by atoms with van der Waals surface area (Å²) in [7, 11) is -5.32. The first-order valence-electron chi connectivity index (χ1n) is 6.36. The largest absolute Gasteiger partial charge is 0.501 e. The molecule has 0 bridgehead atoms. The molecule has 0 fully saturated rings. The molecule has 0 aliphatic rings. The van der Waals surface area contributed by atoms with Crippen molar-refractivity contribution in [3.05, 3.63) is 24.3 Å². The molecule has 1 aromatic rings. The number of sulfone groups is 1. The van der Waals surface area contributed by atoms with Gasteiger partial charge in [-0.2, -0.15) is 13.2 Å². The van der Waals surface area contributed by atoms with Crippen molar-refractivity contribution in [3.8, 4) is 0 Å². The van der Waals surface area contributed by atoms with Crippen LogP contribution in [-0.2, 0) is 9.84 Å². The van der Waals surface area contributed by atoms with E-state index in [4.69, 9.17) is 5.11 Å². The molecule has 0 saturated heterocycles. The Balaban J connectivity index is 2.99. The maximum atomic E-state index is 12.4. The Morgan fingerprint density at radius 2 is 1.71 bits per heavy atom. The summed E-state index contributed by atoms with van der Waals surface area (Å²) in [4.78, 5) is -0.791. The minimum atomic E-state index is -5.32. The maximum absolute atomic E-state index is 12.4. The van der Waals surface area contributed by atoms with E-state index in [1.165, 1.54) is 12.1 Å². The molecule has 1 rings (SSSR count). The van der Waals surface area contributed by atoms with Gasteiger partial charge in [0.2, 0.25) is 0 Å². The third-order valence-corrected chi connectivity index (χ3v) is 4.86. The zero-order valence-corrected chi connectivity index (χ0v) is 12.6. The number of anilines is 1. The number of hydrogen-bond donors (Lipinski definition) is 2. The molecule has 0 aliphatic heterocycles. The Morgan fingerprint density at radius 3 is 2.10 bits per heavy atom. The number of aliphatic hydroxyl groups excluding tert-OH is 1. The number of alkyl halides is 3. The van der Waals surface area contributed by atoms with E-state index >= 15 is 0 Å². The van der Waals surface area contributed by atoms with Gasteiger partial charge in [-0.1, -0.05) is 6.92 Å². The fourth-order valence-electron chi connectivity index (χ4n) is 1.77. The molecular weight excluding hydrogens is 307 g/mol. The van der Waals surface area contributed by atoms with Gasteiger partial charge in [0, 0.05) is 17.8 Å². The SMILES string of the molecule is CCC(C)(CCO)Nc1ccc(S(=O)(=O)C(F)(F)F)cc1. The van der Waals surface area contributed by atoms with Crippen molar-refractivity contribution in [3.63, 3.8) is 0 Å². The first kappa shape index (κ1) is 17.8. The van der Waals surface area contributed by atoms with Crippen LogP contribution in [0.15, 0.2) is 29.2 Å². The monoisotopic (exact) mass is 325 g/mol. The molecule has 8 heteroatoms. The van der Waals surface area contributed by atoms with Gasteiger partial charge in [0.25, 0.3) is 9.84 Å². The minimum absolute atomic E-state index is 0.0299. The predicted molar refractivity (Wildman–Crippen MR) is 73.7 cm³/mol. The molecule has 0 heterocycles. The normalized spacial score (nSPS) is 15.5. The Morgan fingerprint density at radius 1 is 1.19 bits per heavy atom. The van der Waals surface area contributed by atoms with Crippen LogP contribution in [0.1, 0.15) is 26.7 Å². The van der Waals surface area contributed by atoms with E-state index in [2.05, 4.69) is 5.32 Å². The summed E-state index contributed by atoms with van der Waals surface area (Å²) in [5.74, 6) is 0. The highest BCUT2D eigenvalue weighted by molar-refractivity contribution is 7.92. The Labute approximate surface area is 121 Å². The number of nitrogens with one attached hydrogen (secondary N) is 1. The molecule has 21 heavy (non-hydrogen) atoms. The van der Waals surface area contributed by atoms with Crippen LogP contribution in [0.4, 0.5) is 18.9 Å². The molecule has 120 valence electrons. The van der Waals surface area contributed by atoms with Crippen LogP contribution in [0.3, 0.4) is 0 Å². The zero-order chi connectivity index (χ0) is 16.3. The Bertz CT molecular complexity index is 569. The summed E-state index contributed by atoms with van der Waals surface area (Å²) in [5, 5.41) is 12.1. The second kappa shape index (κ2) is 6.23. The number of benzene rings is 1. The quantitative estimate of drug-likeness (QED) is 0.844. The van der Waals surface area contributed by atoms with Crippen molar-refractivity contribution in [1.29, 1.82) is 0 Å². The van der Waals surface area contributed by atoms with Crippen LogP contribution in [0, 0.1) is 0 Å². The highest BCUT2D eigenvalue weighted by Crippen LogP contribution is 2.31. The molecule has 1 aromatic carbocycles. The first-order chi connectivity index (χ1) is 9.55. The van der Waals surface area contributed by atoms with Gasteiger partial charge >= 0.3 is 5.51 Å². The summed E-state index contributed by atoms with van der Waals surface area (Å²) in [6.45, 7) is 3.74. The summed E-state index contributed by atoms with van der Waals surface area (Å²) >= 11 is 0. The zero-order valence-electron chi connectivity index (χ0n) is 11.7. The van der Waals surface area contributed by atoms with Crippen LogP contribution >= 0.6 is 0 Å². The van der Waals surface area contributed by atoms with Gasteiger partial charge in [0.1, 0.15) is 0 Å². The maximum Gasteiger partial charge on any atom is 0.501 e. The van der Waals surface area contributed by atoms with E-state index in [-0.39, 0.29) is 6.61 Å². The van der Waals surface area contributed by atoms with Gasteiger partial charge in [0.05, 0.1) is 4.90 Å². The van der Waals surface area contributed by atoms with Crippen molar-refractivity contribution in [2.24, 2.45) is 0 Å². The highest BCUT2D eigenvalue weighted by atomic mass is 32.2. The molecular formula is C13H18F3NO3S. The molecule has 2 N–H and O–H groups in total. The van der Waals surface area contributed by atoms with Gasteiger partial charge in [-0.15, -0.1) is 0 Å². The van der Waals surface area contributed by atoms with Gasteiger partial charge < -0.3 is 10.4 Å². The van der Waals surface area contributed by atoms with E-state index in [1.54, 1.807) is 0 Å². The predicted octanol–water partition coefficient (Wildman–Crippen LogP) is 2.94. The lowest BCUT2D eigenvalue weighted by atomic mass is 9.94. The first-order valence-corrected chi connectivity index (χ1v) is 7.84. The van der Waals surface area contributed by atoms with Crippen LogP contribution < -0.4 is 5.32 Å². The lowest BCUT2D eigenvalue weighted by Crippen LogP contribution is -2.35. The summed E-state index contributed by atoms with van der Waals surface area (Å²) in [6.07, 6.45) is 1.16. The van der Waals surface area contributed by atoms with Crippen molar-refractivity contribution in [1.82, 2.24) is 0 Å². The van der Waals surface area contributed by atoms with Crippen molar-refractivity contribution >= 4 is 15.5 Å². The molecule has 4 nitrogen and oxygen atoms in total. The average Bonchev–Trinajstić information content (AvgIpc) is 2.38. The Hall–Kier alpha value is -1.28. The van der Waals surface area contributed by atoms with E-state index < -0.39 is 25.8 Å². The number of hydrogen-bond acceptors (Lipinski definition) is 4. The van der Waals surface area contributed by atoms with E-state index in [1.807, 2.05) is 13.8 Å². The molecule has 0 aliphatic carbocycles. The summed E-state index contributed by atoms with van der Waals surface area (Å²) in [6, 6.07) is 4.40. The topological polar surface area (TPSA) is 66.4 Å². The third kappa shape index (κ3) is 4.10. The molecule has 0 aromatic heterocycles. The van der Waals surface area contributed by atoms with Gasteiger partial charge in [-0.25, -0.2) is 8.42 Å². The molecule has 0 amide bonds. The lowest BCUT2D eigenvalue weighted by molar-refractivity contribution is -0.0436. The molecule has 0 radical (unpaired) electrons. The number of rotatable bonds is 6. The van der Waals surface area contributed by atoms with Crippen molar-refractivity contribution in [2.75, 3.05) is 11.9 Å². The molecule has 1 unspecified atom stereocenters. The minimum Gasteiger partial charge on any atom is -0.396 e. The second-order valence-corrected chi connectivity index (χ2v) is 6.93. The molecule has 0 spiro atoms. The van der Waals surface area contributed by atoms with Crippen molar-refractivity contribution < 1.29 is 26.7 Å². The van der Waals surface area contributed by atoms with Crippen molar-refractivity contribution in [2.45, 2.75) is 42.6 Å². The van der Waals surface area contributed by atoms with Gasteiger partial charge in [0.15, 0.2) is 0 Å². The fraction of sp³-hybridized carbons (Fsp3) is 0.538. The van der Waals surface area contributed by atoms with Crippen LogP contribution in [-0.4, -0.2) is 31.2 Å². The van der Waals surface area contributed by atoms with Gasteiger partial charge in [-0.05, 0) is 44.0 Å². The summed E-state index contributed by atoms with van der Waals surface area (Å²) < 4.78 is 59.7. The average molecular weight is 325 g/mol. The van der Waals surface area contributed by atoms with E-state index in [0.717, 1.165) is 12.1 Å². The fourth-order valence-corrected chi connectivity index (χ4v) is 2.54. The number of halogens is 3. The highest BCUT2D eigenvalue weighted by Gasteiger charge is 2.46. The van der Waals surface area contributed by atoms with Crippen LogP contribution in [0.5, 0.6) is 0 Å². The molecule has 1 atom stereocenters. The Kier molecular flexibility index (Phi) is 5.27. The number of aliphatic hydroxyl groups is 1. The smallest absolute Gasteiger partial charge is 0.396 e. The third-order valence-electron chi connectivity index (χ3n) is 3.36. The molecule has 0 saturated carbocycles. The second-order valence-electron chi connectivity index (χ2n) is 4.99. The van der Waals surface area contributed by atoms with E-state index in [0.29, 0.717) is 18.5 Å². The van der Waals surface area contributed by atoms with Crippen LogP contribution in [0.2, 0.25) is 0 Å². The van der Waals surface area contributed by atoms with Crippen LogP contribution in [0.25, 0.3) is 0 Å².